The molecule has 5 heteroatoms. The van der Waals surface area contributed by atoms with Crippen LogP contribution in [0.3, 0.4) is 0 Å². The summed E-state index contributed by atoms with van der Waals surface area (Å²) in [6.07, 6.45) is 16.8. The number of hydrogen-bond acceptors (Lipinski definition) is 3. The third kappa shape index (κ3) is 10.6. The lowest BCUT2D eigenvalue weighted by atomic mass is 9.72. The molecule has 1 aliphatic carbocycles. The van der Waals surface area contributed by atoms with Crippen molar-refractivity contribution in [2.75, 3.05) is 0 Å². The second kappa shape index (κ2) is 13.8. The van der Waals surface area contributed by atoms with Crippen LogP contribution in [0.2, 0.25) is 0 Å². The highest BCUT2D eigenvalue weighted by molar-refractivity contribution is 6.04. The lowest BCUT2D eigenvalue weighted by Crippen LogP contribution is -2.22. The molecule has 0 heterocycles. The van der Waals surface area contributed by atoms with Crippen molar-refractivity contribution in [2.45, 2.75) is 86.0 Å². The summed E-state index contributed by atoms with van der Waals surface area (Å²) in [5, 5.41) is 18.0. The van der Waals surface area contributed by atoms with E-state index in [1.54, 1.807) is 13.0 Å². The summed E-state index contributed by atoms with van der Waals surface area (Å²) in [4.78, 5) is 34.4. The van der Waals surface area contributed by atoms with Crippen molar-refractivity contribution in [1.29, 1.82) is 0 Å². The van der Waals surface area contributed by atoms with Gasteiger partial charge in [0.1, 0.15) is 5.92 Å². The number of ketones is 1. The first kappa shape index (κ1) is 28.3. The Labute approximate surface area is 198 Å². The van der Waals surface area contributed by atoms with Gasteiger partial charge in [0, 0.05) is 6.42 Å². The standard InChI is InChI=1S/C28H40O5/c1-20(16-17-24-22(3)13-10-18-28(24,4)5)11-9-12-21(2)19-25(29)23(27(32)33)14-7-6-8-15-26(30)31/h9,11-12,16-17,19,23H,6-8,10,13-15,18H2,1-5H3,(H,30,31)(H,32,33)/b12-9+,17-16+,20-11+,21-19+. The van der Waals surface area contributed by atoms with Gasteiger partial charge in [-0.15, -0.1) is 0 Å². The van der Waals surface area contributed by atoms with Crippen LogP contribution >= 0.6 is 0 Å². The number of unbranched alkanes of at least 4 members (excludes halogenated alkanes) is 2. The van der Waals surface area contributed by atoms with E-state index in [-0.39, 0.29) is 18.3 Å². The van der Waals surface area contributed by atoms with Crippen LogP contribution in [0.4, 0.5) is 0 Å². The van der Waals surface area contributed by atoms with Crippen molar-refractivity contribution in [2.24, 2.45) is 11.3 Å². The molecule has 1 unspecified atom stereocenters. The number of aliphatic carboxylic acids is 2. The largest absolute Gasteiger partial charge is 0.481 e. The van der Waals surface area contributed by atoms with E-state index in [4.69, 9.17) is 5.11 Å². The minimum absolute atomic E-state index is 0.0621. The molecule has 0 saturated carbocycles. The van der Waals surface area contributed by atoms with E-state index in [0.717, 1.165) is 12.0 Å². The summed E-state index contributed by atoms with van der Waals surface area (Å²) in [5.74, 6) is -3.52. The average Bonchev–Trinajstić information content (AvgIpc) is 2.69. The van der Waals surface area contributed by atoms with Crippen molar-refractivity contribution < 1.29 is 24.6 Å². The maximum atomic E-state index is 12.4. The van der Waals surface area contributed by atoms with Crippen LogP contribution in [0.5, 0.6) is 0 Å². The van der Waals surface area contributed by atoms with Gasteiger partial charge in [-0.1, -0.05) is 68.2 Å². The summed E-state index contributed by atoms with van der Waals surface area (Å²) in [5.41, 5.74) is 4.85. The molecule has 0 spiro atoms. The first-order valence-electron chi connectivity index (χ1n) is 11.8. The molecule has 0 bridgehead atoms. The van der Waals surface area contributed by atoms with E-state index in [9.17, 15) is 19.5 Å². The maximum Gasteiger partial charge on any atom is 0.314 e. The molecule has 1 rings (SSSR count). The van der Waals surface area contributed by atoms with Crippen LogP contribution in [0, 0.1) is 11.3 Å². The molecule has 0 aromatic rings. The molecule has 0 radical (unpaired) electrons. The fourth-order valence-electron chi connectivity index (χ4n) is 4.19. The van der Waals surface area contributed by atoms with Gasteiger partial charge in [-0.25, -0.2) is 0 Å². The van der Waals surface area contributed by atoms with E-state index in [1.807, 2.05) is 19.1 Å². The van der Waals surface area contributed by atoms with Crippen LogP contribution in [-0.4, -0.2) is 27.9 Å². The molecule has 182 valence electrons. The van der Waals surface area contributed by atoms with Gasteiger partial charge in [0.25, 0.3) is 0 Å². The molecular formula is C28H40O5. The van der Waals surface area contributed by atoms with Crippen molar-refractivity contribution in [3.8, 4) is 0 Å². The van der Waals surface area contributed by atoms with Crippen LogP contribution in [0.25, 0.3) is 0 Å². The fraction of sp³-hybridized carbons (Fsp3) is 0.536. The molecule has 5 nitrogen and oxygen atoms in total. The summed E-state index contributed by atoms with van der Waals surface area (Å²) in [6.45, 7) is 10.6. The van der Waals surface area contributed by atoms with Gasteiger partial charge in [-0.05, 0) is 75.5 Å². The lowest BCUT2D eigenvalue weighted by Gasteiger charge is -2.32. The number of carboxylic acid groups (broad SMARTS) is 2. The third-order valence-corrected chi connectivity index (χ3v) is 6.17. The summed E-state index contributed by atoms with van der Waals surface area (Å²) in [7, 11) is 0. The summed E-state index contributed by atoms with van der Waals surface area (Å²) in [6, 6.07) is 0. The predicted octanol–water partition coefficient (Wildman–Crippen LogP) is 6.82. The zero-order valence-electron chi connectivity index (χ0n) is 20.8. The number of carbonyl (C=O) groups is 3. The topological polar surface area (TPSA) is 91.7 Å². The summed E-state index contributed by atoms with van der Waals surface area (Å²) < 4.78 is 0. The minimum atomic E-state index is -1.14. The number of carbonyl (C=O) groups excluding carboxylic acids is 1. The van der Waals surface area contributed by atoms with Gasteiger partial charge >= 0.3 is 11.9 Å². The zero-order chi connectivity index (χ0) is 25.0. The van der Waals surface area contributed by atoms with Gasteiger partial charge in [0.2, 0.25) is 0 Å². The highest BCUT2D eigenvalue weighted by atomic mass is 16.4. The van der Waals surface area contributed by atoms with Crippen molar-refractivity contribution in [1.82, 2.24) is 0 Å². The molecule has 0 aromatic heterocycles. The smallest absolute Gasteiger partial charge is 0.314 e. The zero-order valence-corrected chi connectivity index (χ0v) is 20.8. The molecule has 1 aliphatic rings. The Morgan fingerprint density at radius 1 is 1.03 bits per heavy atom. The molecule has 0 fully saturated rings. The fourth-order valence-corrected chi connectivity index (χ4v) is 4.19. The van der Waals surface area contributed by atoms with E-state index < -0.39 is 23.6 Å². The second-order valence-electron chi connectivity index (χ2n) is 9.71. The van der Waals surface area contributed by atoms with Crippen molar-refractivity contribution in [3.05, 3.63) is 58.7 Å². The number of rotatable bonds is 13. The van der Waals surface area contributed by atoms with Crippen LogP contribution in [0.15, 0.2) is 58.7 Å². The molecule has 1 atom stereocenters. The van der Waals surface area contributed by atoms with E-state index in [1.165, 1.54) is 30.1 Å². The summed E-state index contributed by atoms with van der Waals surface area (Å²) >= 11 is 0. The molecule has 0 aliphatic heterocycles. The van der Waals surface area contributed by atoms with Gasteiger partial charge in [-0.2, -0.15) is 0 Å². The molecule has 33 heavy (non-hydrogen) atoms. The lowest BCUT2D eigenvalue weighted by molar-refractivity contribution is -0.145. The van der Waals surface area contributed by atoms with E-state index in [2.05, 4.69) is 32.9 Å². The highest BCUT2D eigenvalue weighted by Gasteiger charge is 2.26. The second-order valence-corrected chi connectivity index (χ2v) is 9.71. The molecule has 0 amide bonds. The third-order valence-electron chi connectivity index (χ3n) is 6.17. The monoisotopic (exact) mass is 456 g/mol. The van der Waals surface area contributed by atoms with Gasteiger partial charge < -0.3 is 10.2 Å². The first-order valence-corrected chi connectivity index (χ1v) is 11.8. The van der Waals surface area contributed by atoms with Gasteiger partial charge in [0.05, 0.1) is 0 Å². The quantitative estimate of drug-likeness (QED) is 0.137. The Kier molecular flexibility index (Phi) is 11.8. The van der Waals surface area contributed by atoms with Crippen LogP contribution < -0.4 is 0 Å². The Balaban J connectivity index is 2.70. The molecular weight excluding hydrogens is 416 g/mol. The van der Waals surface area contributed by atoms with Gasteiger partial charge in [0.15, 0.2) is 5.78 Å². The number of carboxylic acids is 2. The van der Waals surface area contributed by atoms with Crippen molar-refractivity contribution >= 4 is 17.7 Å². The van der Waals surface area contributed by atoms with Crippen molar-refractivity contribution in [3.63, 3.8) is 0 Å². The van der Waals surface area contributed by atoms with Crippen LogP contribution in [0.1, 0.15) is 86.0 Å². The highest BCUT2D eigenvalue weighted by Crippen LogP contribution is 2.40. The average molecular weight is 457 g/mol. The first-order chi connectivity index (χ1) is 15.4. The minimum Gasteiger partial charge on any atom is -0.481 e. The van der Waals surface area contributed by atoms with E-state index in [0.29, 0.717) is 24.8 Å². The Morgan fingerprint density at radius 3 is 2.33 bits per heavy atom. The maximum absolute atomic E-state index is 12.4. The number of hydrogen-bond donors (Lipinski definition) is 2. The Morgan fingerprint density at radius 2 is 1.73 bits per heavy atom. The molecule has 0 saturated heterocycles. The van der Waals surface area contributed by atoms with E-state index >= 15 is 0 Å². The van der Waals surface area contributed by atoms with Gasteiger partial charge in [-0.3, -0.25) is 14.4 Å². The predicted molar refractivity (Wildman–Crippen MR) is 133 cm³/mol. The molecule has 0 aromatic carbocycles. The Hall–Kier alpha value is -2.69. The number of allylic oxidation sites excluding steroid dienone is 10. The normalized spacial score (nSPS) is 18.2. The molecule has 2 N–H and O–H groups in total. The SMILES string of the molecule is CC1=C(/C=C/C(C)=C/C=C/C(C)=C/C(=O)C(CCCCCC(=O)O)C(=O)O)C(C)(C)CCC1. The van der Waals surface area contributed by atoms with Crippen LogP contribution in [-0.2, 0) is 14.4 Å². The Bertz CT molecular complexity index is 865.